The Morgan fingerprint density at radius 3 is 3.06 bits per heavy atom. The molecule has 5 heteroatoms. The molecule has 2 heterocycles. The third-order valence-electron chi connectivity index (χ3n) is 3.57. The van der Waals surface area contributed by atoms with Crippen LogP contribution in [-0.2, 0) is 19.1 Å². The van der Waals surface area contributed by atoms with Crippen LogP contribution in [0.4, 0.5) is 5.69 Å². The molecule has 0 spiro atoms. The van der Waals surface area contributed by atoms with E-state index in [9.17, 15) is 9.59 Å². The van der Waals surface area contributed by atoms with Crippen molar-refractivity contribution in [1.82, 2.24) is 0 Å². The summed E-state index contributed by atoms with van der Waals surface area (Å²) in [6.07, 6.45) is 0.00663. The van der Waals surface area contributed by atoms with Crippen molar-refractivity contribution in [2.75, 3.05) is 12.4 Å². The average Bonchev–Trinajstić information content (AvgIpc) is 2.73. The second-order valence-corrected chi connectivity index (χ2v) is 4.55. The fourth-order valence-corrected chi connectivity index (χ4v) is 2.70. The van der Waals surface area contributed by atoms with E-state index in [4.69, 9.17) is 9.47 Å². The van der Waals surface area contributed by atoms with Crippen LogP contribution in [-0.4, -0.2) is 24.6 Å². The van der Waals surface area contributed by atoms with Crippen LogP contribution in [0.15, 0.2) is 24.3 Å². The van der Waals surface area contributed by atoms with Crippen LogP contribution < -0.4 is 5.32 Å². The van der Waals surface area contributed by atoms with Crippen LogP contribution >= 0.6 is 0 Å². The van der Waals surface area contributed by atoms with Gasteiger partial charge in [-0.2, -0.15) is 0 Å². The second-order valence-electron chi connectivity index (χ2n) is 4.55. The van der Waals surface area contributed by atoms with Crippen LogP contribution in [0.3, 0.4) is 0 Å². The topological polar surface area (TPSA) is 64.6 Å². The smallest absolute Gasteiger partial charge is 0.335 e. The Morgan fingerprint density at radius 1 is 1.50 bits per heavy atom. The first-order valence-electron chi connectivity index (χ1n) is 5.82. The summed E-state index contributed by atoms with van der Waals surface area (Å²) < 4.78 is 10.2. The minimum Gasteiger partial charge on any atom is -0.467 e. The van der Waals surface area contributed by atoms with Gasteiger partial charge in [-0.05, 0) is 12.5 Å². The van der Waals surface area contributed by atoms with E-state index < -0.39 is 17.6 Å². The zero-order chi connectivity index (χ0) is 12.8. The van der Waals surface area contributed by atoms with Gasteiger partial charge in [0, 0.05) is 17.7 Å². The number of rotatable bonds is 1. The van der Waals surface area contributed by atoms with Crippen LogP contribution in [0.1, 0.15) is 24.5 Å². The van der Waals surface area contributed by atoms with Gasteiger partial charge in [0.05, 0.1) is 7.11 Å². The van der Waals surface area contributed by atoms with Gasteiger partial charge in [0.2, 0.25) is 0 Å². The number of carbonyl (C=O) groups is 2. The van der Waals surface area contributed by atoms with Gasteiger partial charge in [-0.25, -0.2) is 4.79 Å². The largest absolute Gasteiger partial charge is 0.467 e. The minimum absolute atomic E-state index is 0.215. The number of esters is 2. The number of para-hydroxylation sites is 1. The Bertz CT molecular complexity index is 527. The fraction of sp³-hybridized carbons (Fsp3) is 0.385. The maximum Gasteiger partial charge on any atom is 0.335 e. The molecule has 1 aromatic rings. The summed E-state index contributed by atoms with van der Waals surface area (Å²) in [5.41, 5.74) is 0.686. The van der Waals surface area contributed by atoms with Gasteiger partial charge < -0.3 is 14.8 Å². The van der Waals surface area contributed by atoms with Gasteiger partial charge in [0.25, 0.3) is 0 Å². The highest BCUT2D eigenvalue weighted by molar-refractivity contribution is 5.91. The van der Waals surface area contributed by atoms with Crippen molar-refractivity contribution in [2.24, 2.45) is 0 Å². The van der Waals surface area contributed by atoms with Crippen molar-refractivity contribution in [3.63, 3.8) is 0 Å². The van der Waals surface area contributed by atoms with Crippen LogP contribution in [0.2, 0.25) is 0 Å². The Kier molecular flexibility index (Phi) is 2.29. The Labute approximate surface area is 104 Å². The van der Waals surface area contributed by atoms with E-state index in [2.05, 4.69) is 5.32 Å². The molecule has 2 aliphatic rings. The summed E-state index contributed by atoms with van der Waals surface area (Å²) in [5.74, 6) is -0.672. The fourth-order valence-electron chi connectivity index (χ4n) is 2.70. The standard InChI is InChI=1S/C13H13NO4/c1-17-12(16)13-7-6-10(15)18-11(13)8-4-2-3-5-9(8)14-13/h2-5,11,14H,6-7H2,1H3. The Balaban J connectivity index is 2.09. The molecule has 5 nitrogen and oxygen atoms in total. The summed E-state index contributed by atoms with van der Waals surface area (Å²) >= 11 is 0. The second kappa shape index (κ2) is 3.73. The zero-order valence-electron chi connectivity index (χ0n) is 9.93. The molecular weight excluding hydrogens is 234 g/mol. The number of anilines is 1. The van der Waals surface area contributed by atoms with E-state index in [-0.39, 0.29) is 12.4 Å². The van der Waals surface area contributed by atoms with Crippen molar-refractivity contribution < 1.29 is 19.1 Å². The molecular formula is C13H13NO4. The van der Waals surface area contributed by atoms with Crippen LogP contribution in [0.5, 0.6) is 0 Å². The lowest BCUT2D eigenvalue weighted by Crippen LogP contribution is -2.52. The van der Waals surface area contributed by atoms with E-state index in [1.807, 2.05) is 24.3 Å². The molecule has 1 N–H and O–H groups in total. The highest BCUT2D eigenvalue weighted by atomic mass is 16.6. The van der Waals surface area contributed by atoms with Gasteiger partial charge in [-0.3, -0.25) is 4.79 Å². The number of hydrogen-bond donors (Lipinski definition) is 1. The maximum atomic E-state index is 12.1. The highest BCUT2D eigenvalue weighted by Crippen LogP contribution is 2.48. The summed E-state index contributed by atoms with van der Waals surface area (Å²) in [6, 6.07) is 7.45. The maximum absolute atomic E-state index is 12.1. The number of fused-ring (bicyclic) bond motifs is 3. The monoisotopic (exact) mass is 247 g/mol. The van der Waals surface area contributed by atoms with Gasteiger partial charge in [-0.15, -0.1) is 0 Å². The summed E-state index contributed by atoms with van der Waals surface area (Å²) in [5, 5.41) is 3.17. The van der Waals surface area contributed by atoms with Gasteiger partial charge in [0.15, 0.2) is 11.6 Å². The number of nitrogens with one attached hydrogen (secondary N) is 1. The number of hydrogen-bond acceptors (Lipinski definition) is 5. The molecule has 94 valence electrons. The molecule has 1 fully saturated rings. The molecule has 1 saturated heterocycles. The molecule has 0 amide bonds. The summed E-state index contributed by atoms with van der Waals surface area (Å²) in [7, 11) is 1.34. The molecule has 0 saturated carbocycles. The lowest BCUT2D eigenvalue weighted by Gasteiger charge is -2.36. The van der Waals surface area contributed by atoms with Gasteiger partial charge in [0.1, 0.15) is 0 Å². The molecule has 2 unspecified atom stereocenters. The first-order valence-corrected chi connectivity index (χ1v) is 5.82. The molecule has 0 bridgehead atoms. The van der Waals surface area contributed by atoms with Crippen molar-refractivity contribution in [3.8, 4) is 0 Å². The van der Waals surface area contributed by atoms with Gasteiger partial charge >= 0.3 is 11.9 Å². The van der Waals surface area contributed by atoms with E-state index >= 15 is 0 Å². The average molecular weight is 247 g/mol. The first kappa shape index (κ1) is 11.1. The van der Waals surface area contributed by atoms with E-state index in [1.165, 1.54) is 7.11 Å². The number of methoxy groups -OCH3 is 1. The summed E-state index contributed by atoms with van der Waals surface area (Å²) in [4.78, 5) is 23.5. The molecule has 0 aromatic heterocycles. The molecule has 2 atom stereocenters. The normalized spacial score (nSPS) is 28.7. The van der Waals surface area contributed by atoms with Crippen LogP contribution in [0.25, 0.3) is 0 Å². The molecule has 0 aliphatic carbocycles. The highest BCUT2D eigenvalue weighted by Gasteiger charge is 2.57. The predicted molar refractivity (Wildman–Crippen MR) is 62.9 cm³/mol. The zero-order valence-corrected chi connectivity index (χ0v) is 9.93. The summed E-state index contributed by atoms with van der Waals surface area (Å²) in [6.45, 7) is 0. The lowest BCUT2D eigenvalue weighted by atomic mass is 9.85. The Morgan fingerprint density at radius 2 is 2.28 bits per heavy atom. The third kappa shape index (κ3) is 1.33. The van der Waals surface area contributed by atoms with Crippen molar-refractivity contribution in [3.05, 3.63) is 29.8 Å². The van der Waals surface area contributed by atoms with Crippen molar-refractivity contribution in [2.45, 2.75) is 24.5 Å². The molecule has 0 radical (unpaired) electrons. The third-order valence-corrected chi connectivity index (χ3v) is 3.57. The Hall–Kier alpha value is -2.04. The minimum atomic E-state index is -0.966. The van der Waals surface area contributed by atoms with Crippen molar-refractivity contribution in [1.29, 1.82) is 0 Å². The number of carbonyl (C=O) groups excluding carboxylic acids is 2. The quantitative estimate of drug-likeness (QED) is 0.760. The molecule has 1 aromatic carbocycles. The van der Waals surface area contributed by atoms with E-state index in [1.54, 1.807) is 0 Å². The van der Waals surface area contributed by atoms with Crippen LogP contribution in [0, 0.1) is 0 Å². The lowest BCUT2D eigenvalue weighted by molar-refractivity contribution is -0.168. The SMILES string of the molecule is COC(=O)C12CCC(=O)OC1c1ccccc1N2. The first-order chi connectivity index (χ1) is 8.67. The van der Waals surface area contributed by atoms with Crippen molar-refractivity contribution >= 4 is 17.6 Å². The van der Waals surface area contributed by atoms with E-state index in [0.717, 1.165) is 11.3 Å². The molecule has 2 aliphatic heterocycles. The predicted octanol–water partition coefficient (Wildman–Crippen LogP) is 1.40. The van der Waals surface area contributed by atoms with Gasteiger partial charge in [-0.1, -0.05) is 18.2 Å². The molecule has 3 rings (SSSR count). The molecule has 18 heavy (non-hydrogen) atoms. The number of benzene rings is 1. The van der Waals surface area contributed by atoms with E-state index in [0.29, 0.717) is 6.42 Å². The number of ether oxygens (including phenoxy) is 2.